The second-order valence-electron chi connectivity index (χ2n) is 6.85. The van der Waals surface area contributed by atoms with E-state index in [0.717, 1.165) is 38.2 Å². The molecule has 0 aliphatic rings. The smallest absolute Gasteiger partial charge is 0.0694 e. The summed E-state index contributed by atoms with van der Waals surface area (Å²) in [4.78, 5) is 0. The molecule has 4 aromatic rings. The molecule has 4 N–H and O–H groups in total. The largest absolute Gasteiger partial charge is 0.392 e. The summed E-state index contributed by atoms with van der Waals surface area (Å²) in [6.45, 7) is -0.739. The van der Waals surface area contributed by atoms with Gasteiger partial charge in [0.05, 0.1) is 26.4 Å². The first-order valence-corrected chi connectivity index (χ1v) is 9.24. The van der Waals surface area contributed by atoms with E-state index in [1.54, 1.807) is 0 Å². The topological polar surface area (TPSA) is 80.9 Å². The van der Waals surface area contributed by atoms with Gasteiger partial charge in [0, 0.05) is 0 Å². The van der Waals surface area contributed by atoms with E-state index in [0.29, 0.717) is 16.7 Å². The van der Waals surface area contributed by atoms with E-state index in [4.69, 9.17) is 0 Å². The van der Waals surface area contributed by atoms with Crippen LogP contribution in [0.2, 0.25) is 0 Å². The maximum absolute atomic E-state index is 10.3. The van der Waals surface area contributed by atoms with Crippen molar-refractivity contribution >= 4 is 21.5 Å². The number of hydrogen-bond acceptors (Lipinski definition) is 4. The van der Waals surface area contributed by atoms with Gasteiger partial charge < -0.3 is 20.4 Å². The van der Waals surface area contributed by atoms with Crippen LogP contribution in [0.4, 0.5) is 0 Å². The molecular weight excluding hydrogens is 352 g/mol. The summed E-state index contributed by atoms with van der Waals surface area (Å²) < 4.78 is 0. The van der Waals surface area contributed by atoms with E-state index >= 15 is 0 Å². The van der Waals surface area contributed by atoms with Crippen molar-refractivity contribution in [3.05, 3.63) is 82.9 Å². The van der Waals surface area contributed by atoms with Crippen LogP contribution in [0.15, 0.2) is 60.7 Å². The number of rotatable bonds is 5. The fourth-order valence-corrected chi connectivity index (χ4v) is 4.13. The maximum Gasteiger partial charge on any atom is 0.0694 e. The lowest BCUT2D eigenvalue weighted by atomic mass is 9.85. The standard InChI is InChI=1S/C24H22O4/c25-11-17-8-4-7-16-9-19-20(10-18(16)17)22(13-27)24(15-5-2-1-3-6-15)23(14-28)21(19)12-26/h1-10,25-28H,11-14H2. The van der Waals surface area contributed by atoms with Crippen LogP contribution in [0.25, 0.3) is 32.7 Å². The first-order valence-electron chi connectivity index (χ1n) is 9.24. The number of aliphatic hydroxyl groups excluding tert-OH is 4. The molecule has 0 aromatic heterocycles. The molecule has 0 amide bonds. The van der Waals surface area contributed by atoms with Crippen molar-refractivity contribution in [1.29, 1.82) is 0 Å². The highest BCUT2D eigenvalue weighted by atomic mass is 16.3. The van der Waals surface area contributed by atoms with Crippen molar-refractivity contribution < 1.29 is 20.4 Å². The molecule has 0 saturated heterocycles. The van der Waals surface area contributed by atoms with Crippen LogP contribution in [-0.4, -0.2) is 20.4 Å². The minimum absolute atomic E-state index is 0.0789. The Hall–Kier alpha value is -2.76. The van der Waals surface area contributed by atoms with Crippen LogP contribution in [0, 0.1) is 0 Å². The fraction of sp³-hybridized carbons (Fsp3) is 0.167. The second-order valence-corrected chi connectivity index (χ2v) is 6.85. The van der Waals surface area contributed by atoms with Crippen LogP contribution in [0.1, 0.15) is 22.3 Å². The Kier molecular flexibility index (Phi) is 5.11. The molecule has 4 heteroatoms. The molecule has 0 radical (unpaired) electrons. The van der Waals surface area contributed by atoms with Gasteiger partial charge in [0.25, 0.3) is 0 Å². The number of fused-ring (bicyclic) bond motifs is 2. The summed E-state index contributed by atoms with van der Waals surface area (Å²) in [5.41, 5.74) is 4.43. The van der Waals surface area contributed by atoms with Gasteiger partial charge in [-0.25, -0.2) is 0 Å². The Morgan fingerprint density at radius 2 is 1.21 bits per heavy atom. The molecular formula is C24H22O4. The van der Waals surface area contributed by atoms with Gasteiger partial charge in [-0.1, -0.05) is 48.5 Å². The maximum atomic E-state index is 10.3. The predicted octanol–water partition coefficient (Wildman–Crippen LogP) is 3.63. The molecule has 0 bridgehead atoms. The van der Waals surface area contributed by atoms with Crippen molar-refractivity contribution in [1.82, 2.24) is 0 Å². The minimum Gasteiger partial charge on any atom is -0.392 e. The lowest BCUT2D eigenvalue weighted by Gasteiger charge is -2.21. The van der Waals surface area contributed by atoms with Crippen molar-refractivity contribution in [2.75, 3.05) is 0 Å². The van der Waals surface area contributed by atoms with E-state index in [-0.39, 0.29) is 26.4 Å². The normalized spacial score (nSPS) is 11.4. The van der Waals surface area contributed by atoms with Gasteiger partial charge in [-0.05, 0) is 67.1 Å². The van der Waals surface area contributed by atoms with E-state index in [2.05, 4.69) is 0 Å². The molecule has 0 atom stereocenters. The molecule has 0 aliphatic heterocycles. The molecule has 0 fully saturated rings. The van der Waals surface area contributed by atoms with Crippen molar-refractivity contribution in [3.8, 4) is 11.1 Å². The molecule has 0 spiro atoms. The Balaban J connectivity index is 2.22. The first kappa shape index (κ1) is 18.6. The third kappa shape index (κ3) is 2.87. The Morgan fingerprint density at radius 3 is 1.86 bits per heavy atom. The van der Waals surface area contributed by atoms with Gasteiger partial charge in [0.1, 0.15) is 0 Å². The zero-order chi connectivity index (χ0) is 19.7. The lowest BCUT2D eigenvalue weighted by molar-refractivity contribution is 0.260. The SMILES string of the molecule is OCc1c(-c2ccccc2)c(CO)c2cc3c(CO)cccc3cc2c1CO. The van der Waals surface area contributed by atoms with Crippen molar-refractivity contribution in [3.63, 3.8) is 0 Å². The van der Waals surface area contributed by atoms with Gasteiger partial charge in [-0.15, -0.1) is 0 Å². The Labute approximate surface area is 162 Å². The van der Waals surface area contributed by atoms with E-state index < -0.39 is 0 Å². The number of aliphatic hydroxyl groups is 4. The third-order valence-corrected chi connectivity index (χ3v) is 5.43. The van der Waals surface area contributed by atoms with Crippen LogP contribution >= 0.6 is 0 Å². The molecule has 0 saturated carbocycles. The molecule has 0 aliphatic carbocycles. The summed E-state index contributed by atoms with van der Waals surface area (Å²) in [5.74, 6) is 0. The van der Waals surface area contributed by atoms with Gasteiger partial charge in [-0.2, -0.15) is 0 Å². The van der Waals surface area contributed by atoms with Gasteiger partial charge >= 0.3 is 0 Å². The molecule has 0 unspecified atom stereocenters. The quantitative estimate of drug-likeness (QED) is 0.402. The molecule has 0 heterocycles. The Morgan fingerprint density at radius 1 is 0.536 bits per heavy atom. The minimum atomic E-state index is -0.238. The van der Waals surface area contributed by atoms with Gasteiger partial charge in [-0.3, -0.25) is 0 Å². The highest BCUT2D eigenvalue weighted by molar-refractivity contribution is 6.05. The predicted molar refractivity (Wildman–Crippen MR) is 111 cm³/mol. The summed E-state index contributed by atoms with van der Waals surface area (Å²) in [7, 11) is 0. The average molecular weight is 374 g/mol. The van der Waals surface area contributed by atoms with Gasteiger partial charge in [0.2, 0.25) is 0 Å². The van der Waals surface area contributed by atoms with E-state index in [9.17, 15) is 20.4 Å². The van der Waals surface area contributed by atoms with Crippen LogP contribution in [0.5, 0.6) is 0 Å². The van der Waals surface area contributed by atoms with E-state index in [1.165, 1.54) is 0 Å². The summed E-state index contributed by atoms with van der Waals surface area (Å²) >= 11 is 0. The lowest BCUT2D eigenvalue weighted by Crippen LogP contribution is -2.05. The highest BCUT2D eigenvalue weighted by Gasteiger charge is 2.20. The zero-order valence-corrected chi connectivity index (χ0v) is 15.4. The summed E-state index contributed by atoms with van der Waals surface area (Å²) in [6, 6.07) is 19.2. The molecule has 4 aromatic carbocycles. The first-order chi connectivity index (χ1) is 13.7. The zero-order valence-electron chi connectivity index (χ0n) is 15.4. The summed E-state index contributed by atoms with van der Waals surface area (Å²) in [6.07, 6.45) is 0. The summed E-state index contributed by atoms with van der Waals surface area (Å²) in [5, 5.41) is 43.7. The fourth-order valence-electron chi connectivity index (χ4n) is 4.13. The molecule has 28 heavy (non-hydrogen) atoms. The average Bonchev–Trinajstić information content (AvgIpc) is 2.76. The van der Waals surface area contributed by atoms with Crippen LogP contribution in [0.3, 0.4) is 0 Å². The van der Waals surface area contributed by atoms with Crippen LogP contribution in [-0.2, 0) is 26.4 Å². The van der Waals surface area contributed by atoms with Crippen LogP contribution < -0.4 is 0 Å². The third-order valence-electron chi connectivity index (χ3n) is 5.43. The highest BCUT2D eigenvalue weighted by Crippen LogP contribution is 2.39. The second kappa shape index (κ2) is 7.70. The number of benzene rings is 4. The molecule has 4 nitrogen and oxygen atoms in total. The van der Waals surface area contributed by atoms with E-state index in [1.807, 2.05) is 60.7 Å². The molecule has 4 rings (SSSR count). The molecule has 142 valence electrons. The van der Waals surface area contributed by atoms with Crippen molar-refractivity contribution in [2.24, 2.45) is 0 Å². The Bertz CT molecular complexity index is 1150. The monoisotopic (exact) mass is 374 g/mol. The van der Waals surface area contributed by atoms with Crippen molar-refractivity contribution in [2.45, 2.75) is 26.4 Å². The number of hydrogen-bond donors (Lipinski definition) is 4. The van der Waals surface area contributed by atoms with Gasteiger partial charge in [0.15, 0.2) is 0 Å².